The van der Waals surface area contributed by atoms with E-state index in [1.807, 2.05) is 6.92 Å². The van der Waals surface area contributed by atoms with Gasteiger partial charge in [0.05, 0.1) is 36.4 Å². The van der Waals surface area contributed by atoms with Crippen LogP contribution in [-0.4, -0.2) is 31.6 Å². The molecule has 0 saturated carbocycles. The Morgan fingerprint density at radius 1 is 1.08 bits per heavy atom. The number of pyridine rings is 1. The second-order valence-electron chi connectivity index (χ2n) is 5.21. The summed E-state index contributed by atoms with van der Waals surface area (Å²) in [5.74, 6) is 1.04. The molecule has 25 heavy (non-hydrogen) atoms. The molecular weight excluding hydrogens is 365 g/mol. The smallest absolute Gasteiger partial charge is 0.204 e. The number of ether oxygens (including phenoxy) is 3. The minimum absolute atomic E-state index is 0.0259. The molecule has 0 atom stereocenters. The molecule has 0 aliphatic rings. The van der Waals surface area contributed by atoms with E-state index < -0.39 is 0 Å². The number of nitrogens with zero attached hydrogens (tertiary/aromatic N) is 1. The van der Waals surface area contributed by atoms with Gasteiger partial charge in [-0.2, -0.15) is 0 Å². The molecule has 0 radical (unpaired) electrons. The number of rotatable bonds is 8. The number of hydrogen-bond acceptors (Lipinski definition) is 5. The Balaban J connectivity index is 2.44. The molecule has 1 heterocycles. The van der Waals surface area contributed by atoms with Crippen LogP contribution < -0.4 is 14.2 Å². The SMILES string of the molecule is CCCOc1c(C(=O)Cc2c(Cl)cncc2Cl)ccc(OC)c1OC. The number of hydrogen-bond donors (Lipinski definition) is 0. The van der Waals surface area contributed by atoms with Gasteiger partial charge in [-0.3, -0.25) is 9.78 Å². The molecule has 2 aromatic rings. The summed E-state index contributed by atoms with van der Waals surface area (Å²) in [7, 11) is 3.03. The molecule has 0 fully saturated rings. The second-order valence-corrected chi connectivity index (χ2v) is 6.02. The lowest BCUT2D eigenvalue weighted by Gasteiger charge is -2.17. The standard InChI is InChI=1S/C18H19Cl2NO4/c1-4-7-25-17-11(5-6-16(23-2)18(17)24-3)15(22)8-12-13(19)9-21-10-14(12)20/h5-6,9-10H,4,7-8H2,1-3H3. The third-order valence-corrected chi connectivity index (χ3v) is 4.19. The number of benzene rings is 1. The summed E-state index contributed by atoms with van der Waals surface area (Å²) in [5, 5.41) is 0.690. The van der Waals surface area contributed by atoms with Gasteiger partial charge >= 0.3 is 0 Å². The van der Waals surface area contributed by atoms with E-state index in [2.05, 4.69) is 4.98 Å². The van der Waals surface area contributed by atoms with Gasteiger partial charge in [0.25, 0.3) is 0 Å². The molecule has 0 amide bonds. The summed E-state index contributed by atoms with van der Waals surface area (Å²) >= 11 is 12.2. The summed E-state index contributed by atoms with van der Waals surface area (Å²) in [4.78, 5) is 16.8. The van der Waals surface area contributed by atoms with Gasteiger partial charge < -0.3 is 14.2 Å². The molecule has 7 heteroatoms. The van der Waals surface area contributed by atoms with Gasteiger partial charge in [-0.05, 0) is 18.6 Å². The molecule has 0 saturated heterocycles. The fourth-order valence-electron chi connectivity index (χ4n) is 2.33. The van der Waals surface area contributed by atoms with E-state index >= 15 is 0 Å². The van der Waals surface area contributed by atoms with Crippen LogP contribution in [0.5, 0.6) is 17.2 Å². The quantitative estimate of drug-likeness (QED) is 0.622. The Labute approximate surface area is 156 Å². The maximum absolute atomic E-state index is 12.9. The lowest BCUT2D eigenvalue weighted by molar-refractivity contribution is 0.0988. The fraction of sp³-hybridized carbons (Fsp3) is 0.333. The van der Waals surface area contributed by atoms with Gasteiger partial charge in [0.15, 0.2) is 17.3 Å². The van der Waals surface area contributed by atoms with Crippen LogP contribution in [0.2, 0.25) is 10.0 Å². The number of ketones is 1. The highest BCUT2D eigenvalue weighted by Crippen LogP contribution is 2.41. The van der Waals surface area contributed by atoms with E-state index in [0.717, 1.165) is 6.42 Å². The number of Topliss-reactive ketones (excluding diaryl/α,β-unsaturated/α-hetero) is 1. The Hall–Kier alpha value is -1.98. The summed E-state index contributed by atoms with van der Waals surface area (Å²) in [5.41, 5.74) is 0.912. The molecule has 134 valence electrons. The predicted molar refractivity (Wildman–Crippen MR) is 97.6 cm³/mol. The van der Waals surface area contributed by atoms with Crippen molar-refractivity contribution in [3.05, 3.63) is 45.7 Å². The Bertz CT molecular complexity index is 745. The zero-order valence-electron chi connectivity index (χ0n) is 14.3. The van der Waals surface area contributed by atoms with E-state index in [9.17, 15) is 4.79 Å². The predicted octanol–water partition coefficient (Wildman–Crippen LogP) is 4.62. The lowest BCUT2D eigenvalue weighted by atomic mass is 10.0. The van der Waals surface area contributed by atoms with Crippen LogP contribution in [0.1, 0.15) is 29.3 Å². The third-order valence-electron chi connectivity index (χ3n) is 3.54. The molecule has 2 rings (SSSR count). The molecule has 5 nitrogen and oxygen atoms in total. The average molecular weight is 384 g/mol. The largest absolute Gasteiger partial charge is 0.493 e. The van der Waals surface area contributed by atoms with Crippen LogP contribution in [-0.2, 0) is 6.42 Å². The van der Waals surface area contributed by atoms with Crippen molar-refractivity contribution in [2.75, 3.05) is 20.8 Å². The molecule has 0 bridgehead atoms. The van der Waals surface area contributed by atoms with E-state index in [0.29, 0.717) is 45.0 Å². The number of aromatic nitrogens is 1. The molecule has 0 unspecified atom stereocenters. The minimum atomic E-state index is -0.193. The van der Waals surface area contributed by atoms with E-state index in [1.165, 1.54) is 26.6 Å². The number of halogens is 2. The fourth-order valence-corrected chi connectivity index (χ4v) is 2.83. The first-order chi connectivity index (χ1) is 12.0. The van der Waals surface area contributed by atoms with Crippen molar-refractivity contribution >= 4 is 29.0 Å². The van der Waals surface area contributed by atoms with E-state index in [-0.39, 0.29) is 12.2 Å². The maximum Gasteiger partial charge on any atom is 0.204 e. The van der Waals surface area contributed by atoms with Crippen molar-refractivity contribution in [1.29, 1.82) is 0 Å². The zero-order chi connectivity index (χ0) is 18.4. The van der Waals surface area contributed by atoms with Crippen LogP contribution in [0.3, 0.4) is 0 Å². The minimum Gasteiger partial charge on any atom is -0.493 e. The average Bonchev–Trinajstić information content (AvgIpc) is 2.61. The normalized spacial score (nSPS) is 10.4. The van der Waals surface area contributed by atoms with Crippen LogP contribution in [0.25, 0.3) is 0 Å². The molecule has 0 aliphatic heterocycles. The molecule has 0 spiro atoms. The van der Waals surface area contributed by atoms with Crippen molar-refractivity contribution < 1.29 is 19.0 Å². The summed E-state index contributed by atoms with van der Waals surface area (Å²) < 4.78 is 16.4. The summed E-state index contributed by atoms with van der Waals surface area (Å²) in [6.07, 6.45) is 3.73. The summed E-state index contributed by atoms with van der Waals surface area (Å²) in [6.45, 7) is 2.42. The number of carbonyl (C=O) groups is 1. The molecule has 0 aliphatic carbocycles. The van der Waals surface area contributed by atoms with Gasteiger partial charge in [0.1, 0.15) is 0 Å². The van der Waals surface area contributed by atoms with Crippen LogP contribution >= 0.6 is 23.2 Å². The third kappa shape index (κ3) is 4.35. The summed E-state index contributed by atoms with van der Waals surface area (Å²) in [6, 6.07) is 3.32. The molecular formula is C18H19Cl2NO4. The number of methoxy groups -OCH3 is 2. The highest BCUT2D eigenvalue weighted by atomic mass is 35.5. The Morgan fingerprint density at radius 2 is 1.76 bits per heavy atom. The van der Waals surface area contributed by atoms with E-state index in [4.69, 9.17) is 37.4 Å². The monoisotopic (exact) mass is 383 g/mol. The highest BCUT2D eigenvalue weighted by molar-refractivity contribution is 6.36. The first-order valence-electron chi connectivity index (χ1n) is 7.72. The topological polar surface area (TPSA) is 57.7 Å². The van der Waals surface area contributed by atoms with Gasteiger partial charge in [-0.1, -0.05) is 30.1 Å². The van der Waals surface area contributed by atoms with Crippen molar-refractivity contribution in [2.45, 2.75) is 19.8 Å². The van der Waals surface area contributed by atoms with Crippen LogP contribution in [0.4, 0.5) is 0 Å². The maximum atomic E-state index is 12.9. The Morgan fingerprint density at radius 3 is 2.32 bits per heavy atom. The first-order valence-corrected chi connectivity index (χ1v) is 8.47. The first kappa shape index (κ1) is 19.3. The van der Waals surface area contributed by atoms with Crippen molar-refractivity contribution in [3.63, 3.8) is 0 Å². The van der Waals surface area contributed by atoms with Crippen LogP contribution in [0.15, 0.2) is 24.5 Å². The van der Waals surface area contributed by atoms with Gasteiger partial charge in [0.2, 0.25) is 5.75 Å². The molecule has 1 aromatic heterocycles. The lowest BCUT2D eigenvalue weighted by Crippen LogP contribution is -2.10. The highest BCUT2D eigenvalue weighted by Gasteiger charge is 2.22. The molecule has 0 N–H and O–H groups in total. The van der Waals surface area contributed by atoms with E-state index in [1.54, 1.807) is 12.1 Å². The second kappa shape index (κ2) is 8.92. The van der Waals surface area contributed by atoms with Crippen molar-refractivity contribution in [3.8, 4) is 17.2 Å². The van der Waals surface area contributed by atoms with Gasteiger partial charge in [-0.15, -0.1) is 0 Å². The van der Waals surface area contributed by atoms with Crippen molar-refractivity contribution in [2.24, 2.45) is 0 Å². The Kier molecular flexibility index (Phi) is 6.91. The van der Waals surface area contributed by atoms with Gasteiger partial charge in [0, 0.05) is 24.4 Å². The molecule has 1 aromatic carbocycles. The number of carbonyl (C=O) groups excluding carboxylic acids is 1. The van der Waals surface area contributed by atoms with Gasteiger partial charge in [-0.25, -0.2) is 0 Å². The zero-order valence-corrected chi connectivity index (χ0v) is 15.8. The van der Waals surface area contributed by atoms with Crippen LogP contribution in [0, 0.1) is 0 Å². The van der Waals surface area contributed by atoms with Crippen molar-refractivity contribution in [1.82, 2.24) is 4.98 Å².